The molecule has 1 aliphatic rings. The van der Waals surface area contributed by atoms with E-state index in [1.165, 1.54) is 28.8 Å². The lowest BCUT2D eigenvalue weighted by molar-refractivity contribution is -0.113. The van der Waals surface area contributed by atoms with Crippen LogP contribution in [0, 0.1) is 12.7 Å². The van der Waals surface area contributed by atoms with Gasteiger partial charge in [-0.05, 0) is 49.4 Å². The van der Waals surface area contributed by atoms with Gasteiger partial charge in [-0.15, -0.1) is 0 Å². The smallest absolute Gasteiger partial charge is 0.270 e. The number of aryl methyl sites for hydroxylation is 1. The largest absolute Gasteiger partial charge is 0.457 e. The number of nitrogens with zero attached hydrogens (tertiary/aromatic N) is 1. The molecule has 1 aromatic heterocycles. The number of carbonyl (C=O) groups excluding carboxylic acids is 1. The molecule has 0 bridgehead atoms. The van der Waals surface area contributed by atoms with E-state index < -0.39 is 5.82 Å². The fourth-order valence-electron chi connectivity index (χ4n) is 2.75. The van der Waals surface area contributed by atoms with Gasteiger partial charge < -0.3 is 4.42 Å². The minimum atomic E-state index is -0.489. The summed E-state index contributed by atoms with van der Waals surface area (Å²) in [5.74, 6) is 0.348. The highest BCUT2D eigenvalue weighted by Crippen LogP contribution is 2.37. The molecule has 140 valence electrons. The van der Waals surface area contributed by atoms with Crippen molar-refractivity contribution >= 4 is 57.6 Å². The molecular weight excluding hydrogens is 417 g/mol. The van der Waals surface area contributed by atoms with Crippen LogP contribution in [0.2, 0.25) is 5.02 Å². The number of amides is 1. The summed E-state index contributed by atoms with van der Waals surface area (Å²) in [5.41, 5.74) is 2.49. The van der Waals surface area contributed by atoms with Crippen LogP contribution >= 0.6 is 35.6 Å². The maximum Gasteiger partial charge on any atom is 0.270 e. The molecule has 1 fully saturated rings. The first kappa shape index (κ1) is 18.9. The molecule has 2 aromatic carbocycles. The molecule has 1 amide bonds. The van der Waals surface area contributed by atoms with Crippen LogP contribution in [0.15, 0.2) is 63.9 Å². The first-order valence-electron chi connectivity index (χ1n) is 8.32. The number of thioether (sulfide) groups is 1. The van der Waals surface area contributed by atoms with Crippen LogP contribution < -0.4 is 4.90 Å². The van der Waals surface area contributed by atoms with E-state index in [4.69, 9.17) is 28.2 Å². The zero-order valence-electron chi connectivity index (χ0n) is 14.6. The number of halogens is 2. The number of benzene rings is 2. The Bertz CT molecular complexity index is 1120. The van der Waals surface area contributed by atoms with E-state index >= 15 is 0 Å². The SMILES string of the molecule is Cc1ccc(N2C(=O)/C(=C\c3ccc(-c4ccc(F)c(Cl)c4)o3)SC2=S)cc1. The molecule has 0 saturated carbocycles. The third kappa shape index (κ3) is 3.63. The van der Waals surface area contributed by atoms with Crippen molar-refractivity contribution in [2.75, 3.05) is 4.90 Å². The van der Waals surface area contributed by atoms with Gasteiger partial charge in [-0.2, -0.15) is 0 Å². The first-order chi connectivity index (χ1) is 13.4. The summed E-state index contributed by atoms with van der Waals surface area (Å²) >= 11 is 12.4. The molecule has 1 aliphatic heterocycles. The van der Waals surface area contributed by atoms with Gasteiger partial charge in [0.15, 0.2) is 4.32 Å². The van der Waals surface area contributed by atoms with E-state index in [1.54, 1.807) is 24.3 Å². The molecule has 0 N–H and O–H groups in total. The Balaban J connectivity index is 1.60. The second-order valence-corrected chi connectivity index (χ2v) is 8.27. The van der Waals surface area contributed by atoms with Gasteiger partial charge in [0.05, 0.1) is 15.6 Å². The van der Waals surface area contributed by atoms with Gasteiger partial charge in [-0.1, -0.05) is 53.3 Å². The minimum absolute atomic E-state index is 0.0226. The highest BCUT2D eigenvalue weighted by atomic mass is 35.5. The molecule has 4 rings (SSSR count). The topological polar surface area (TPSA) is 33.5 Å². The fourth-order valence-corrected chi connectivity index (χ4v) is 4.21. The van der Waals surface area contributed by atoms with Crippen LogP contribution in [0.4, 0.5) is 10.1 Å². The van der Waals surface area contributed by atoms with Gasteiger partial charge in [0.25, 0.3) is 5.91 Å². The monoisotopic (exact) mass is 429 g/mol. The quantitative estimate of drug-likeness (QED) is 0.353. The third-order valence-electron chi connectivity index (χ3n) is 4.19. The number of thiocarbonyl (C=S) groups is 1. The number of carbonyl (C=O) groups is 1. The number of hydrogen-bond donors (Lipinski definition) is 0. The van der Waals surface area contributed by atoms with E-state index in [9.17, 15) is 9.18 Å². The van der Waals surface area contributed by atoms with E-state index in [0.29, 0.717) is 26.3 Å². The summed E-state index contributed by atoms with van der Waals surface area (Å²) in [6.45, 7) is 1.98. The van der Waals surface area contributed by atoms with Gasteiger partial charge in [0.1, 0.15) is 17.3 Å². The van der Waals surface area contributed by atoms with Gasteiger partial charge in [-0.3, -0.25) is 9.69 Å². The van der Waals surface area contributed by atoms with E-state index in [2.05, 4.69) is 0 Å². The number of furan rings is 1. The van der Waals surface area contributed by atoms with Crippen LogP contribution in [0.25, 0.3) is 17.4 Å². The average Bonchev–Trinajstić information content (AvgIpc) is 3.24. The van der Waals surface area contributed by atoms with Crippen molar-refractivity contribution < 1.29 is 13.6 Å². The molecule has 0 atom stereocenters. The lowest BCUT2D eigenvalue weighted by Gasteiger charge is -2.14. The fraction of sp³-hybridized carbons (Fsp3) is 0.0476. The molecule has 0 radical (unpaired) electrons. The molecule has 3 aromatic rings. The van der Waals surface area contributed by atoms with Crippen molar-refractivity contribution in [3.63, 3.8) is 0 Å². The Kier molecular flexibility index (Phi) is 5.10. The molecule has 2 heterocycles. The van der Waals surface area contributed by atoms with Crippen LogP contribution in [-0.4, -0.2) is 10.2 Å². The molecule has 1 saturated heterocycles. The Hall–Kier alpha value is -2.41. The number of hydrogen-bond acceptors (Lipinski definition) is 4. The molecule has 0 unspecified atom stereocenters. The summed E-state index contributed by atoms with van der Waals surface area (Å²) in [6.07, 6.45) is 1.65. The maximum atomic E-state index is 13.3. The molecule has 0 aliphatic carbocycles. The Morgan fingerprint density at radius 1 is 1.14 bits per heavy atom. The van der Waals surface area contributed by atoms with Gasteiger partial charge >= 0.3 is 0 Å². The maximum absolute atomic E-state index is 13.3. The predicted octanol–water partition coefficient (Wildman–Crippen LogP) is 6.45. The van der Waals surface area contributed by atoms with E-state index in [-0.39, 0.29) is 10.9 Å². The van der Waals surface area contributed by atoms with Gasteiger partial charge in [0, 0.05) is 11.6 Å². The predicted molar refractivity (Wildman–Crippen MR) is 116 cm³/mol. The molecule has 3 nitrogen and oxygen atoms in total. The summed E-state index contributed by atoms with van der Waals surface area (Å²) in [4.78, 5) is 14.8. The van der Waals surface area contributed by atoms with Crippen LogP contribution in [0.3, 0.4) is 0 Å². The van der Waals surface area contributed by atoms with Crippen molar-refractivity contribution in [1.29, 1.82) is 0 Å². The zero-order valence-corrected chi connectivity index (χ0v) is 17.0. The van der Waals surface area contributed by atoms with Crippen molar-refractivity contribution in [1.82, 2.24) is 0 Å². The van der Waals surface area contributed by atoms with Gasteiger partial charge in [0.2, 0.25) is 0 Å². The van der Waals surface area contributed by atoms with Crippen molar-refractivity contribution in [2.24, 2.45) is 0 Å². The Labute approximate surface area is 175 Å². The standard InChI is InChI=1S/C21H13ClFNO2S2/c1-12-2-5-14(6-3-12)24-20(25)19(28-21(24)27)11-15-7-9-18(26-15)13-4-8-17(23)16(22)10-13/h2-11H,1H3/b19-11+. The van der Waals surface area contributed by atoms with E-state index in [0.717, 1.165) is 11.3 Å². The summed E-state index contributed by atoms with van der Waals surface area (Å²) in [5, 5.41) is 0.0226. The Morgan fingerprint density at radius 2 is 1.89 bits per heavy atom. The average molecular weight is 430 g/mol. The van der Waals surface area contributed by atoms with Gasteiger partial charge in [-0.25, -0.2) is 4.39 Å². The number of rotatable bonds is 3. The van der Waals surface area contributed by atoms with Crippen molar-refractivity contribution in [2.45, 2.75) is 6.92 Å². The van der Waals surface area contributed by atoms with Crippen LogP contribution in [-0.2, 0) is 4.79 Å². The molecule has 28 heavy (non-hydrogen) atoms. The normalized spacial score (nSPS) is 15.7. The van der Waals surface area contributed by atoms with Crippen LogP contribution in [0.1, 0.15) is 11.3 Å². The number of anilines is 1. The second kappa shape index (κ2) is 7.54. The second-order valence-electron chi connectivity index (χ2n) is 6.18. The molecular formula is C21H13ClFNO2S2. The summed E-state index contributed by atoms with van der Waals surface area (Å²) in [7, 11) is 0. The van der Waals surface area contributed by atoms with Crippen molar-refractivity contribution in [3.05, 3.63) is 81.7 Å². The van der Waals surface area contributed by atoms with Crippen LogP contribution in [0.5, 0.6) is 0 Å². The lowest BCUT2D eigenvalue weighted by atomic mass is 10.2. The molecule has 7 heteroatoms. The Morgan fingerprint density at radius 3 is 2.61 bits per heavy atom. The molecule has 0 spiro atoms. The third-order valence-corrected chi connectivity index (χ3v) is 5.78. The summed E-state index contributed by atoms with van der Waals surface area (Å²) < 4.78 is 19.6. The first-order valence-corrected chi connectivity index (χ1v) is 9.92. The highest BCUT2D eigenvalue weighted by molar-refractivity contribution is 8.27. The van der Waals surface area contributed by atoms with Crippen molar-refractivity contribution in [3.8, 4) is 11.3 Å². The highest BCUT2D eigenvalue weighted by Gasteiger charge is 2.33. The summed E-state index contributed by atoms with van der Waals surface area (Å²) in [6, 6.07) is 15.5. The van der Waals surface area contributed by atoms with E-state index in [1.807, 2.05) is 31.2 Å². The minimum Gasteiger partial charge on any atom is -0.457 e. The lowest BCUT2D eigenvalue weighted by Crippen LogP contribution is -2.27. The zero-order chi connectivity index (χ0) is 19.8.